The summed E-state index contributed by atoms with van der Waals surface area (Å²) in [6.07, 6.45) is 2.59. The lowest BCUT2D eigenvalue weighted by atomic mass is 10.1. The molecule has 76 valence electrons. The Bertz CT molecular complexity index is 192. The van der Waals surface area contributed by atoms with Crippen molar-refractivity contribution in [2.75, 3.05) is 20.2 Å². The number of ether oxygens (including phenoxy) is 1. The van der Waals surface area contributed by atoms with Crippen LogP contribution in [-0.2, 0) is 9.53 Å². The van der Waals surface area contributed by atoms with Crippen LogP contribution in [0.1, 0.15) is 19.8 Å². The molecule has 0 aromatic heterocycles. The Balaban J connectivity index is 2.08. The van der Waals surface area contributed by atoms with E-state index in [-0.39, 0.29) is 10.8 Å². The van der Waals surface area contributed by atoms with Crippen molar-refractivity contribution < 1.29 is 9.53 Å². The predicted molar refractivity (Wildman–Crippen MR) is 54.9 cm³/mol. The molecule has 1 fully saturated rings. The van der Waals surface area contributed by atoms with Crippen LogP contribution in [0.5, 0.6) is 0 Å². The third-order valence-electron chi connectivity index (χ3n) is 2.44. The minimum atomic E-state index is -0.222. The van der Waals surface area contributed by atoms with Gasteiger partial charge in [0.25, 0.3) is 0 Å². The van der Waals surface area contributed by atoms with E-state index in [1.807, 2.05) is 0 Å². The molecule has 1 N–H and O–H groups in total. The number of carbonyl (C=O) groups excluding carboxylic acids is 1. The zero-order chi connectivity index (χ0) is 9.90. The summed E-state index contributed by atoms with van der Waals surface area (Å²) in [5.41, 5.74) is 0.489. The number of methoxy groups -OCH3 is 1. The Morgan fingerprint density at radius 2 is 2.31 bits per heavy atom. The Labute approximate surface area is 87.3 Å². The van der Waals surface area contributed by atoms with Crippen LogP contribution in [0.15, 0.2) is 0 Å². The van der Waals surface area contributed by atoms with E-state index in [2.05, 4.69) is 32.9 Å². The highest BCUT2D eigenvalue weighted by Crippen LogP contribution is 2.43. The highest BCUT2D eigenvalue weighted by molar-refractivity contribution is 9.10. The van der Waals surface area contributed by atoms with Crippen LogP contribution < -0.4 is 5.32 Å². The molecule has 0 spiro atoms. The van der Waals surface area contributed by atoms with Gasteiger partial charge in [-0.3, -0.25) is 4.79 Å². The summed E-state index contributed by atoms with van der Waals surface area (Å²) in [4.78, 5) is 10.8. The van der Waals surface area contributed by atoms with E-state index in [0.29, 0.717) is 12.0 Å². The monoisotopic (exact) mass is 249 g/mol. The molecular weight excluding hydrogens is 234 g/mol. The van der Waals surface area contributed by atoms with E-state index >= 15 is 0 Å². The molecule has 0 radical (unpaired) electrons. The molecule has 0 bridgehead atoms. The number of hydrogen-bond donors (Lipinski definition) is 1. The van der Waals surface area contributed by atoms with Gasteiger partial charge in [0.15, 0.2) is 0 Å². The molecule has 1 aliphatic carbocycles. The second-order valence-electron chi connectivity index (χ2n) is 3.93. The first-order valence-corrected chi connectivity index (χ1v) is 5.42. The van der Waals surface area contributed by atoms with Crippen LogP contribution in [-0.4, -0.2) is 31.0 Å². The molecule has 0 saturated heterocycles. The average molecular weight is 250 g/mol. The van der Waals surface area contributed by atoms with Gasteiger partial charge in [0.05, 0.1) is 7.11 Å². The fourth-order valence-electron chi connectivity index (χ4n) is 1.10. The Hall–Kier alpha value is -0.0900. The number of rotatable bonds is 5. The van der Waals surface area contributed by atoms with Gasteiger partial charge in [0, 0.05) is 13.1 Å². The first kappa shape index (κ1) is 11.0. The average Bonchev–Trinajstić information content (AvgIpc) is 2.82. The Morgan fingerprint density at radius 1 is 1.69 bits per heavy atom. The normalized spacial score (nSPS) is 20.8. The first-order valence-electron chi connectivity index (χ1n) is 4.50. The zero-order valence-electron chi connectivity index (χ0n) is 8.10. The highest BCUT2D eigenvalue weighted by Gasteiger charge is 2.36. The van der Waals surface area contributed by atoms with Crippen molar-refractivity contribution in [3.63, 3.8) is 0 Å². The maximum Gasteiger partial charge on any atom is 0.320 e. The van der Waals surface area contributed by atoms with Gasteiger partial charge in [-0.05, 0) is 18.3 Å². The third-order valence-corrected chi connectivity index (χ3v) is 3.13. The minimum Gasteiger partial charge on any atom is -0.468 e. The largest absolute Gasteiger partial charge is 0.468 e. The quantitative estimate of drug-likeness (QED) is 0.590. The van der Waals surface area contributed by atoms with Crippen molar-refractivity contribution in [2.24, 2.45) is 5.41 Å². The molecule has 3 nitrogen and oxygen atoms in total. The lowest BCUT2D eigenvalue weighted by molar-refractivity contribution is -0.139. The summed E-state index contributed by atoms with van der Waals surface area (Å²) in [6, 6.07) is 0. The second-order valence-corrected chi connectivity index (χ2v) is 5.04. The maximum atomic E-state index is 11.0. The number of hydrogen-bond acceptors (Lipinski definition) is 3. The molecule has 1 unspecified atom stereocenters. The Morgan fingerprint density at radius 3 is 2.77 bits per heavy atom. The van der Waals surface area contributed by atoms with Gasteiger partial charge in [-0.1, -0.05) is 22.9 Å². The first-order chi connectivity index (χ1) is 6.07. The predicted octanol–water partition coefficient (Wildman–Crippen LogP) is 1.31. The molecule has 0 amide bonds. The fourth-order valence-corrected chi connectivity index (χ4v) is 1.52. The fraction of sp³-hybridized carbons (Fsp3) is 0.889. The molecule has 0 aromatic rings. The maximum absolute atomic E-state index is 11.0. The van der Waals surface area contributed by atoms with Crippen molar-refractivity contribution >= 4 is 21.9 Å². The smallest absolute Gasteiger partial charge is 0.320 e. The number of halogens is 1. The summed E-state index contributed by atoms with van der Waals surface area (Å²) in [5, 5.41) is 3.26. The van der Waals surface area contributed by atoms with E-state index in [1.165, 1.54) is 20.0 Å². The van der Waals surface area contributed by atoms with Crippen molar-refractivity contribution in [3.8, 4) is 0 Å². The molecule has 0 heterocycles. The van der Waals surface area contributed by atoms with Gasteiger partial charge in [-0.15, -0.1) is 0 Å². The lowest BCUT2D eigenvalue weighted by Gasteiger charge is -2.12. The molecule has 1 rings (SSSR count). The molecule has 0 aromatic carbocycles. The lowest BCUT2D eigenvalue weighted by Crippen LogP contribution is -2.32. The summed E-state index contributed by atoms with van der Waals surface area (Å²) >= 11 is 3.25. The molecular formula is C9H16BrNO2. The van der Waals surface area contributed by atoms with Crippen LogP contribution in [0.2, 0.25) is 0 Å². The second kappa shape index (κ2) is 4.42. The van der Waals surface area contributed by atoms with Gasteiger partial charge in [-0.2, -0.15) is 0 Å². The summed E-state index contributed by atoms with van der Waals surface area (Å²) in [5.74, 6) is -0.214. The summed E-state index contributed by atoms with van der Waals surface area (Å²) in [6.45, 7) is 3.88. The topological polar surface area (TPSA) is 38.3 Å². The molecule has 13 heavy (non-hydrogen) atoms. The third kappa shape index (κ3) is 3.65. The SMILES string of the molecule is COC(=O)C(Br)CNCC1(C)CC1. The van der Waals surface area contributed by atoms with Crippen molar-refractivity contribution in [1.82, 2.24) is 5.32 Å². The Kier molecular flexibility index (Phi) is 3.74. The van der Waals surface area contributed by atoms with Gasteiger partial charge in [0.2, 0.25) is 0 Å². The van der Waals surface area contributed by atoms with Crippen LogP contribution in [0.25, 0.3) is 0 Å². The molecule has 0 aliphatic heterocycles. The number of esters is 1. The van der Waals surface area contributed by atoms with Crippen LogP contribution >= 0.6 is 15.9 Å². The summed E-state index contributed by atoms with van der Waals surface area (Å²) < 4.78 is 4.58. The number of alkyl halides is 1. The van der Waals surface area contributed by atoms with E-state index in [9.17, 15) is 4.79 Å². The molecule has 1 saturated carbocycles. The van der Waals surface area contributed by atoms with Crippen molar-refractivity contribution in [1.29, 1.82) is 0 Å². The van der Waals surface area contributed by atoms with E-state index < -0.39 is 0 Å². The van der Waals surface area contributed by atoms with Crippen LogP contribution in [0, 0.1) is 5.41 Å². The van der Waals surface area contributed by atoms with Crippen LogP contribution in [0.3, 0.4) is 0 Å². The van der Waals surface area contributed by atoms with Crippen LogP contribution in [0.4, 0.5) is 0 Å². The van der Waals surface area contributed by atoms with E-state index in [4.69, 9.17) is 0 Å². The molecule has 1 atom stereocenters. The van der Waals surface area contributed by atoms with Gasteiger partial charge in [-0.25, -0.2) is 0 Å². The molecule has 4 heteroatoms. The van der Waals surface area contributed by atoms with Gasteiger partial charge < -0.3 is 10.1 Å². The standard InChI is InChI=1S/C9H16BrNO2/c1-9(3-4-9)6-11-5-7(10)8(12)13-2/h7,11H,3-6H2,1-2H3. The summed E-state index contributed by atoms with van der Waals surface area (Å²) in [7, 11) is 1.40. The number of carbonyl (C=O) groups is 1. The van der Waals surface area contributed by atoms with Gasteiger partial charge >= 0.3 is 5.97 Å². The van der Waals surface area contributed by atoms with Crippen molar-refractivity contribution in [2.45, 2.75) is 24.6 Å². The van der Waals surface area contributed by atoms with E-state index in [1.54, 1.807) is 0 Å². The zero-order valence-corrected chi connectivity index (χ0v) is 9.69. The molecule has 1 aliphatic rings. The highest BCUT2D eigenvalue weighted by atomic mass is 79.9. The number of nitrogens with one attached hydrogen (secondary N) is 1. The van der Waals surface area contributed by atoms with E-state index in [0.717, 1.165) is 6.54 Å². The van der Waals surface area contributed by atoms with Gasteiger partial charge in [0.1, 0.15) is 4.83 Å². The minimum absolute atomic E-state index is 0.214. The van der Waals surface area contributed by atoms with Crippen molar-refractivity contribution in [3.05, 3.63) is 0 Å².